The van der Waals surface area contributed by atoms with Crippen molar-refractivity contribution in [2.75, 3.05) is 11.1 Å². The zero-order valence-corrected chi connectivity index (χ0v) is 15.6. The van der Waals surface area contributed by atoms with E-state index in [2.05, 4.69) is 35.2 Å². The number of carbonyl (C=O) groups is 1. The first kappa shape index (κ1) is 17.5. The molecular formula is C20H23N3OS. The smallest absolute Gasteiger partial charge is 0.234 e. The lowest BCUT2D eigenvalue weighted by Gasteiger charge is -2.14. The third kappa shape index (κ3) is 4.04. The summed E-state index contributed by atoms with van der Waals surface area (Å²) in [5.74, 6) is 1.33. The van der Waals surface area contributed by atoms with Gasteiger partial charge in [-0.25, -0.2) is 4.98 Å². The second kappa shape index (κ2) is 7.74. The van der Waals surface area contributed by atoms with E-state index in [0.717, 1.165) is 34.5 Å². The highest BCUT2D eigenvalue weighted by Crippen LogP contribution is 2.28. The molecule has 1 aromatic heterocycles. The fourth-order valence-electron chi connectivity index (χ4n) is 2.82. The summed E-state index contributed by atoms with van der Waals surface area (Å²) in [5.41, 5.74) is 5.21. The van der Waals surface area contributed by atoms with Crippen LogP contribution in [0.2, 0.25) is 0 Å². The van der Waals surface area contributed by atoms with Crippen molar-refractivity contribution >= 4 is 34.4 Å². The molecule has 3 rings (SSSR count). The Morgan fingerprint density at radius 3 is 2.80 bits per heavy atom. The topological polar surface area (TPSA) is 57.8 Å². The summed E-state index contributed by atoms with van der Waals surface area (Å²) in [5, 5.41) is 3.20. The molecule has 25 heavy (non-hydrogen) atoms. The molecule has 2 aromatic carbocycles. The van der Waals surface area contributed by atoms with Crippen molar-refractivity contribution in [1.29, 1.82) is 0 Å². The number of nitrogens with zero attached hydrogens (tertiary/aromatic N) is 1. The molecule has 4 nitrogen and oxygen atoms in total. The number of hydrogen-bond acceptors (Lipinski definition) is 3. The van der Waals surface area contributed by atoms with Crippen LogP contribution in [0.4, 0.5) is 5.69 Å². The molecule has 0 radical (unpaired) electrons. The third-order valence-corrected chi connectivity index (χ3v) is 5.41. The molecule has 5 heteroatoms. The number of nitrogens with one attached hydrogen (secondary N) is 2. The Labute approximate surface area is 152 Å². The molecule has 3 aromatic rings. The lowest BCUT2D eigenvalue weighted by molar-refractivity contribution is -0.113. The van der Waals surface area contributed by atoms with Crippen molar-refractivity contribution < 1.29 is 4.79 Å². The summed E-state index contributed by atoms with van der Waals surface area (Å²) in [6.07, 6.45) is 0.903. The van der Waals surface area contributed by atoms with E-state index in [1.165, 1.54) is 5.56 Å². The summed E-state index contributed by atoms with van der Waals surface area (Å²) in [7, 11) is 0. The minimum atomic E-state index is 0.0250. The number of aryl methyl sites for hydroxylation is 2. The number of carbonyl (C=O) groups excluding carboxylic acids is 1. The van der Waals surface area contributed by atoms with Crippen molar-refractivity contribution in [3.8, 4) is 0 Å². The van der Waals surface area contributed by atoms with Crippen LogP contribution in [0.5, 0.6) is 0 Å². The fraction of sp³-hybridized carbons (Fsp3) is 0.300. The second-order valence-corrected chi connectivity index (χ2v) is 7.43. The maximum atomic E-state index is 12.4. The number of H-pyrrole nitrogens is 1. The normalized spacial score (nSPS) is 12.3. The van der Waals surface area contributed by atoms with Gasteiger partial charge >= 0.3 is 0 Å². The Balaban J connectivity index is 1.62. The summed E-state index contributed by atoms with van der Waals surface area (Å²) >= 11 is 1.59. The quantitative estimate of drug-likeness (QED) is 0.665. The van der Waals surface area contributed by atoms with Gasteiger partial charge in [-0.05, 0) is 43.5 Å². The molecule has 0 aliphatic heterocycles. The Hall–Kier alpha value is -2.27. The van der Waals surface area contributed by atoms with E-state index in [9.17, 15) is 4.79 Å². The zero-order chi connectivity index (χ0) is 17.8. The average Bonchev–Trinajstić information content (AvgIpc) is 3.05. The maximum Gasteiger partial charge on any atom is 0.234 e. The highest BCUT2D eigenvalue weighted by molar-refractivity contribution is 8.00. The number of imidazole rings is 1. The third-order valence-electron chi connectivity index (χ3n) is 4.26. The Morgan fingerprint density at radius 1 is 1.24 bits per heavy atom. The molecule has 0 aliphatic rings. The van der Waals surface area contributed by atoms with Crippen LogP contribution in [0.3, 0.4) is 0 Å². The molecule has 1 amide bonds. The number of benzene rings is 2. The number of aromatic amines is 1. The van der Waals surface area contributed by atoms with Crippen molar-refractivity contribution in [3.63, 3.8) is 0 Å². The molecular weight excluding hydrogens is 330 g/mol. The molecule has 0 bridgehead atoms. The Morgan fingerprint density at radius 2 is 2.04 bits per heavy atom. The van der Waals surface area contributed by atoms with Crippen LogP contribution < -0.4 is 5.32 Å². The molecule has 130 valence electrons. The van der Waals surface area contributed by atoms with Gasteiger partial charge in [0.2, 0.25) is 5.91 Å². The van der Waals surface area contributed by atoms with Gasteiger partial charge in [-0.2, -0.15) is 0 Å². The number of thioether (sulfide) groups is 1. The van der Waals surface area contributed by atoms with Crippen molar-refractivity contribution in [3.05, 3.63) is 59.4 Å². The van der Waals surface area contributed by atoms with Gasteiger partial charge < -0.3 is 10.3 Å². The lowest BCUT2D eigenvalue weighted by Crippen LogP contribution is -2.17. The van der Waals surface area contributed by atoms with Crippen molar-refractivity contribution in [2.45, 2.75) is 32.4 Å². The van der Waals surface area contributed by atoms with E-state index in [1.807, 2.05) is 43.3 Å². The largest absolute Gasteiger partial charge is 0.341 e. The summed E-state index contributed by atoms with van der Waals surface area (Å²) in [6.45, 7) is 6.20. The number of fused-ring (bicyclic) bond motifs is 1. The first-order valence-corrected chi connectivity index (χ1v) is 9.58. The number of amides is 1. The first-order chi connectivity index (χ1) is 12.1. The fourth-order valence-corrected chi connectivity index (χ4v) is 3.57. The molecule has 0 fully saturated rings. The first-order valence-electron chi connectivity index (χ1n) is 8.53. The number of aromatic nitrogens is 2. The number of rotatable bonds is 6. The molecule has 1 atom stereocenters. The SMILES string of the molecule is CCc1cccc(C)c1NC(=O)CSC(C)c1nc2ccccc2[nH]1. The van der Waals surface area contributed by atoms with Crippen LogP contribution in [-0.4, -0.2) is 21.6 Å². The second-order valence-electron chi connectivity index (χ2n) is 6.10. The number of hydrogen-bond donors (Lipinski definition) is 2. The van der Waals surface area contributed by atoms with Crippen LogP contribution >= 0.6 is 11.8 Å². The molecule has 0 spiro atoms. The average molecular weight is 353 g/mol. The Kier molecular flexibility index (Phi) is 5.43. The van der Waals surface area contributed by atoms with Gasteiger partial charge in [0.05, 0.1) is 22.0 Å². The molecule has 0 saturated heterocycles. The maximum absolute atomic E-state index is 12.4. The summed E-state index contributed by atoms with van der Waals surface area (Å²) < 4.78 is 0. The minimum Gasteiger partial charge on any atom is -0.341 e. The van der Waals surface area contributed by atoms with Gasteiger partial charge in [-0.15, -0.1) is 11.8 Å². The highest BCUT2D eigenvalue weighted by atomic mass is 32.2. The van der Waals surface area contributed by atoms with E-state index in [0.29, 0.717) is 5.75 Å². The summed E-state index contributed by atoms with van der Waals surface area (Å²) in [6, 6.07) is 14.1. The lowest BCUT2D eigenvalue weighted by atomic mass is 10.1. The zero-order valence-electron chi connectivity index (χ0n) is 14.8. The van der Waals surface area contributed by atoms with Crippen LogP contribution in [0.15, 0.2) is 42.5 Å². The number of para-hydroxylation sites is 3. The van der Waals surface area contributed by atoms with Gasteiger partial charge in [0.15, 0.2) is 0 Å². The van der Waals surface area contributed by atoms with E-state index in [4.69, 9.17) is 0 Å². The highest BCUT2D eigenvalue weighted by Gasteiger charge is 2.14. The number of anilines is 1. The summed E-state index contributed by atoms with van der Waals surface area (Å²) in [4.78, 5) is 20.3. The van der Waals surface area contributed by atoms with Crippen LogP contribution in [-0.2, 0) is 11.2 Å². The predicted octanol–water partition coefficient (Wildman–Crippen LogP) is 4.87. The molecule has 0 saturated carbocycles. The van der Waals surface area contributed by atoms with E-state index in [1.54, 1.807) is 11.8 Å². The minimum absolute atomic E-state index is 0.0250. The van der Waals surface area contributed by atoms with Crippen LogP contribution in [0, 0.1) is 6.92 Å². The van der Waals surface area contributed by atoms with Crippen LogP contribution in [0.1, 0.15) is 36.0 Å². The van der Waals surface area contributed by atoms with Crippen molar-refractivity contribution in [2.24, 2.45) is 0 Å². The predicted molar refractivity (Wildman–Crippen MR) is 106 cm³/mol. The van der Waals surface area contributed by atoms with Gasteiger partial charge in [-0.1, -0.05) is 37.3 Å². The molecule has 1 heterocycles. The van der Waals surface area contributed by atoms with E-state index in [-0.39, 0.29) is 11.2 Å². The van der Waals surface area contributed by atoms with Gasteiger partial charge in [0.25, 0.3) is 0 Å². The standard InChI is InChI=1S/C20H23N3OS/c1-4-15-9-7-8-13(2)19(15)23-18(24)12-25-14(3)20-21-16-10-5-6-11-17(16)22-20/h5-11,14H,4,12H2,1-3H3,(H,21,22)(H,23,24). The van der Waals surface area contributed by atoms with Gasteiger partial charge in [0, 0.05) is 5.69 Å². The van der Waals surface area contributed by atoms with Gasteiger partial charge in [0.1, 0.15) is 5.82 Å². The van der Waals surface area contributed by atoms with E-state index < -0.39 is 0 Å². The van der Waals surface area contributed by atoms with Crippen molar-refractivity contribution in [1.82, 2.24) is 9.97 Å². The Bertz CT molecular complexity index is 855. The van der Waals surface area contributed by atoms with E-state index >= 15 is 0 Å². The molecule has 0 aliphatic carbocycles. The molecule has 1 unspecified atom stereocenters. The monoisotopic (exact) mass is 353 g/mol. The van der Waals surface area contributed by atoms with Crippen LogP contribution in [0.25, 0.3) is 11.0 Å². The van der Waals surface area contributed by atoms with Gasteiger partial charge in [-0.3, -0.25) is 4.79 Å². The molecule has 2 N–H and O–H groups in total.